The molecule has 144 valence electrons. The normalized spacial score (nSPS) is 30.6. The summed E-state index contributed by atoms with van der Waals surface area (Å²) in [6, 6.07) is 0. The van der Waals surface area contributed by atoms with Crippen LogP contribution in [0.1, 0.15) is 59.3 Å². The second-order valence-electron chi connectivity index (χ2n) is 6.31. The second kappa shape index (κ2) is 13.0. The highest BCUT2D eigenvalue weighted by atomic mass is 16.7. The van der Waals surface area contributed by atoms with Gasteiger partial charge in [-0.3, -0.25) is 0 Å². The van der Waals surface area contributed by atoms with Gasteiger partial charge < -0.3 is 29.2 Å². The third-order valence-electron chi connectivity index (χ3n) is 4.21. The van der Waals surface area contributed by atoms with Crippen LogP contribution in [0.4, 0.5) is 0 Å². The molecule has 0 aromatic rings. The van der Waals surface area contributed by atoms with Crippen LogP contribution in [0, 0.1) is 0 Å². The van der Waals surface area contributed by atoms with E-state index in [1.165, 1.54) is 0 Å². The minimum Gasteiger partial charge on any atom is -0.394 e. The molecule has 1 saturated heterocycles. The molecule has 1 fully saturated rings. The molecule has 0 aromatic heterocycles. The molecule has 0 spiro atoms. The van der Waals surface area contributed by atoms with Gasteiger partial charge in [0, 0.05) is 19.8 Å². The lowest BCUT2D eigenvalue weighted by molar-refractivity contribution is -0.310. The quantitative estimate of drug-likeness (QED) is 0.497. The minimum absolute atomic E-state index is 0.219. The molecular formula is C18H36O6. The first-order valence-corrected chi connectivity index (χ1v) is 9.48. The maximum Gasteiger partial charge on any atom is 0.184 e. The summed E-state index contributed by atoms with van der Waals surface area (Å²) >= 11 is 0. The molecule has 0 radical (unpaired) electrons. The average Bonchev–Trinajstić information content (AvgIpc) is 2.58. The summed E-state index contributed by atoms with van der Waals surface area (Å²) < 4.78 is 23.3. The molecule has 1 aliphatic rings. The molecule has 5 atom stereocenters. The van der Waals surface area contributed by atoms with E-state index in [0.29, 0.717) is 19.8 Å². The van der Waals surface area contributed by atoms with Crippen molar-refractivity contribution < 1.29 is 29.2 Å². The van der Waals surface area contributed by atoms with Gasteiger partial charge in [-0.25, -0.2) is 0 Å². The lowest BCUT2D eigenvalue weighted by atomic mass is 9.98. The first-order valence-electron chi connectivity index (χ1n) is 9.48. The van der Waals surface area contributed by atoms with Gasteiger partial charge in [-0.15, -0.1) is 0 Å². The molecule has 6 heteroatoms. The molecule has 1 rings (SSSR count). The number of ether oxygens (including phenoxy) is 4. The van der Waals surface area contributed by atoms with Crippen molar-refractivity contribution in [3.8, 4) is 0 Å². The van der Waals surface area contributed by atoms with Crippen molar-refractivity contribution in [2.24, 2.45) is 0 Å². The van der Waals surface area contributed by atoms with Crippen molar-refractivity contribution >= 4 is 0 Å². The SMILES string of the molecule is CCCCOC1C(OCCCC)[C@H](O)OC(CO)[C@H]1OCCCC. The van der Waals surface area contributed by atoms with Gasteiger partial charge in [0.15, 0.2) is 6.29 Å². The van der Waals surface area contributed by atoms with E-state index < -0.39 is 30.7 Å². The summed E-state index contributed by atoms with van der Waals surface area (Å²) in [7, 11) is 0. The first kappa shape index (κ1) is 21.8. The van der Waals surface area contributed by atoms with Crippen LogP contribution < -0.4 is 0 Å². The zero-order valence-corrected chi connectivity index (χ0v) is 15.5. The first-order chi connectivity index (χ1) is 11.7. The Hall–Kier alpha value is -0.240. The van der Waals surface area contributed by atoms with Crippen molar-refractivity contribution in [1.29, 1.82) is 0 Å². The maximum absolute atomic E-state index is 10.3. The van der Waals surface area contributed by atoms with Crippen molar-refractivity contribution in [2.75, 3.05) is 26.4 Å². The fraction of sp³-hybridized carbons (Fsp3) is 1.00. The Labute approximate surface area is 146 Å². The van der Waals surface area contributed by atoms with E-state index in [9.17, 15) is 10.2 Å². The maximum atomic E-state index is 10.3. The zero-order chi connectivity index (χ0) is 17.8. The lowest BCUT2D eigenvalue weighted by Gasteiger charge is -2.44. The van der Waals surface area contributed by atoms with E-state index in [-0.39, 0.29) is 6.61 Å². The van der Waals surface area contributed by atoms with Crippen LogP contribution in [0.5, 0.6) is 0 Å². The summed E-state index contributed by atoms with van der Waals surface area (Å²) in [6.45, 7) is 7.76. The predicted octanol–water partition coefficient (Wildman–Crippen LogP) is 2.25. The number of hydrogen-bond donors (Lipinski definition) is 2. The summed E-state index contributed by atoms with van der Waals surface area (Å²) in [5.74, 6) is 0. The highest BCUT2D eigenvalue weighted by Crippen LogP contribution is 2.27. The highest BCUT2D eigenvalue weighted by molar-refractivity contribution is 4.92. The average molecular weight is 348 g/mol. The van der Waals surface area contributed by atoms with Crippen molar-refractivity contribution in [3.05, 3.63) is 0 Å². The second-order valence-corrected chi connectivity index (χ2v) is 6.31. The van der Waals surface area contributed by atoms with Crippen molar-refractivity contribution in [1.82, 2.24) is 0 Å². The van der Waals surface area contributed by atoms with E-state index in [1.54, 1.807) is 0 Å². The van der Waals surface area contributed by atoms with Crippen LogP contribution in [0.2, 0.25) is 0 Å². The van der Waals surface area contributed by atoms with Gasteiger partial charge in [-0.05, 0) is 19.3 Å². The highest BCUT2D eigenvalue weighted by Gasteiger charge is 2.47. The number of rotatable bonds is 13. The molecule has 0 aromatic carbocycles. The van der Waals surface area contributed by atoms with Gasteiger partial charge in [0.2, 0.25) is 0 Å². The summed E-state index contributed by atoms with van der Waals surface area (Å²) in [5, 5.41) is 19.9. The molecule has 0 saturated carbocycles. The Morgan fingerprint density at radius 1 is 0.750 bits per heavy atom. The number of aliphatic hydroxyl groups is 2. The molecule has 6 nitrogen and oxygen atoms in total. The van der Waals surface area contributed by atoms with Crippen LogP contribution in [-0.2, 0) is 18.9 Å². The van der Waals surface area contributed by atoms with E-state index in [0.717, 1.165) is 38.5 Å². The molecule has 0 amide bonds. The smallest absolute Gasteiger partial charge is 0.184 e. The Morgan fingerprint density at radius 3 is 1.67 bits per heavy atom. The summed E-state index contributed by atoms with van der Waals surface area (Å²) in [4.78, 5) is 0. The molecule has 0 aliphatic carbocycles. The molecule has 1 heterocycles. The fourth-order valence-corrected chi connectivity index (χ4v) is 2.70. The van der Waals surface area contributed by atoms with Crippen LogP contribution in [0.15, 0.2) is 0 Å². The Balaban J connectivity index is 2.79. The van der Waals surface area contributed by atoms with E-state index in [1.807, 2.05) is 0 Å². The van der Waals surface area contributed by atoms with E-state index in [2.05, 4.69) is 20.8 Å². The van der Waals surface area contributed by atoms with Gasteiger partial charge in [0.25, 0.3) is 0 Å². The van der Waals surface area contributed by atoms with Crippen molar-refractivity contribution in [3.63, 3.8) is 0 Å². The van der Waals surface area contributed by atoms with Crippen LogP contribution in [0.25, 0.3) is 0 Å². The minimum atomic E-state index is -1.11. The van der Waals surface area contributed by atoms with Gasteiger partial charge in [-0.1, -0.05) is 40.0 Å². The van der Waals surface area contributed by atoms with Gasteiger partial charge >= 0.3 is 0 Å². The van der Waals surface area contributed by atoms with Gasteiger partial charge in [-0.2, -0.15) is 0 Å². The fourth-order valence-electron chi connectivity index (χ4n) is 2.70. The number of hydrogen-bond acceptors (Lipinski definition) is 6. The Bertz CT molecular complexity index is 301. The summed E-state index contributed by atoms with van der Waals surface area (Å²) in [5.41, 5.74) is 0. The Morgan fingerprint density at radius 2 is 1.21 bits per heavy atom. The largest absolute Gasteiger partial charge is 0.394 e. The van der Waals surface area contributed by atoms with Crippen LogP contribution in [-0.4, -0.2) is 67.3 Å². The van der Waals surface area contributed by atoms with E-state index >= 15 is 0 Å². The lowest BCUT2D eigenvalue weighted by Crippen LogP contribution is -2.61. The molecule has 2 N–H and O–H groups in total. The van der Waals surface area contributed by atoms with Gasteiger partial charge in [0.05, 0.1) is 6.61 Å². The third kappa shape index (κ3) is 6.94. The predicted molar refractivity (Wildman–Crippen MR) is 91.9 cm³/mol. The van der Waals surface area contributed by atoms with Gasteiger partial charge in [0.1, 0.15) is 24.4 Å². The summed E-state index contributed by atoms with van der Waals surface area (Å²) in [6.07, 6.45) is 2.65. The molecular weight excluding hydrogens is 312 g/mol. The van der Waals surface area contributed by atoms with E-state index in [4.69, 9.17) is 18.9 Å². The molecule has 1 aliphatic heterocycles. The molecule has 0 bridgehead atoms. The molecule has 24 heavy (non-hydrogen) atoms. The number of unbranched alkanes of at least 4 members (excludes halogenated alkanes) is 3. The topological polar surface area (TPSA) is 77.4 Å². The number of aliphatic hydroxyl groups excluding tert-OH is 2. The van der Waals surface area contributed by atoms with Crippen LogP contribution >= 0.6 is 0 Å². The zero-order valence-electron chi connectivity index (χ0n) is 15.5. The van der Waals surface area contributed by atoms with Crippen LogP contribution in [0.3, 0.4) is 0 Å². The Kier molecular flexibility index (Phi) is 11.8. The standard InChI is InChI=1S/C18H36O6/c1-4-7-10-21-15-14(13-19)24-18(20)17(23-12-9-6-3)16(15)22-11-8-5-2/h14-20H,4-13H2,1-3H3/t14?,15-,16?,17?,18-/m1/s1. The molecule has 3 unspecified atom stereocenters. The monoisotopic (exact) mass is 348 g/mol. The third-order valence-corrected chi connectivity index (χ3v) is 4.21. The van der Waals surface area contributed by atoms with Crippen molar-refractivity contribution in [2.45, 2.75) is 90.0 Å².